The van der Waals surface area contributed by atoms with Crippen LogP contribution < -0.4 is 4.90 Å². The number of allylic oxidation sites excluding steroid dienone is 2. The quantitative estimate of drug-likeness (QED) is 0.798. The molecule has 21 heavy (non-hydrogen) atoms. The number of rotatable bonds is 3. The molecule has 0 N–H and O–H groups in total. The summed E-state index contributed by atoms with van der Waals surface area (Å²) >= 11 is 0. The summed E-state index contributed by atoms with van der Waals surface area (Å²) in [6.07, 6.45) is 0. The molecule has 4 heteroatoms. The van der Waals surface area contributed by atoms with Crippen molar-refractivity contribution < 1.29 is 0 Å². The van der Waals surface area contributed by atoms with Gasteiger partial charge in [-0.25, -0.2) is 0 Å². The molecule has 0 radical (unpaired) electrons. The molecule has 0 aliphatic rings. The zero-order chi connectivity index (χ0) is 15.1. The molecule has 0 saturated carbocycles. The van der Waals surface area contributed by atoms with Crippen LogP contribution in [0.15, 0.2) is 71.9 Å². The third kappa shape index (κ3) is 2.89. The molecule has 0 aromatic heterocycles. The molecule has 0 fully saturated rings. The largest absolute Gasteiger partial charge is 0.300 e. The number of hydrogen-bond donors (Lipinski definition) is 0. The van der Waals surface area contributed by atoms with Gasteiger partial charge in [-0.05, 0) is 24.3 Å². The van der Waals surface area contributed by atoms with Crippen LogP contribution in [0.2, 0.25) is 0 Å². The van der Waals surface area contributed by atoms with E-state index in [-0.39, 0.29) is 11.3 Å². The summed E-state index contributed by atoms with van der Waals surface area (Å²) in [5.74, 6) is 0. The van der Waals surface area contributed by atoms with Gasteiger partial charge in [0.05, 0.1) is 0 Å². The van der Waals surface area contributed by atoms with Crippen LogP contribution in [0.5, 0.6) is 0 Å². The first-order valence-corrected chi connectivity index (χ1v) is 6.16. The van der Waals surface area contributed by atoms with Gasteiger partial charge in [0.25, 0.3) is 0 Å². The predicted molar refractivity (Wildman–Crippen MR) is 78.9 cm³/mol. The maximum absolute atomic E-state index is 9.40. The summed E-state index contributed by atoms with van der Waals surface area (Å²) in [5.41, 5.74) is 1.22. The lowest BCUT2D eigenvalue weighted by Crippen LogP contribution is -2.16. The van der Waals surface area contributed by atoms with Crippen LogP contribution in [0.3, 0.4) is 0 Å². The van der Waals surface area contributed by atoms with Gasteiger partial charge >= 0.3 is 0 Å². The number of anilines is 2. The van der Waals surface area contributed by atoms with Crippen LogP contribution >= 0.6 is 0 Å². The Morgan fingerprint density at radius 3 is 1.43 bits per heavy atom. The Bertz CT molecular complexity index is 716. The Morgan fingerprint density at radius 1 is 0.667 bits per heavy atom. The molecular formula is C17H10N4. The summed E-state index contributed by atoms with van der Waals surface area (Å²) < 4.78 is 0. The molecule has 0 aliphatic carbocycles. The Morgan fingerprint density at radius 2 is 1.10 bits per heavy atom. The van der Waals surface area contributed by atoms with Crippen molar-refractivity contribution in [3.8, 4) is 18.2 Å². The minimum Gasteiger partial charge on any atom is -0.300 e. The summed E-state index contributed by atoms with van der Waals surface area (Å²) in [6.45, 7) is 0. The van der Waals surface area contributed by atoms with Crippen molar-refractivity contribution in [3.63, 3.8) is 0 Å². The molecule has 0 amide bonds. The fraction of sp³-hybridized carbons (Fsp3) is 0. The monoisotopic (exact) mass is 270 g/mol. The zero-order valence-electron chi connectivity index (χ0n) is 11.1. The standard InChI is InChI=1S/C17H10N4/c18-11-14(12-19)17(13-20)21(15-7-3-1-4-8-15)16-9-5-2-6-10-16/h1-10H. The van der Waals surface area contributed by atoms with Crippen LogP contribution in [0.4, 0.5) is 11.4 Å². The van der Waals surface area contributed by atoms with Crippen molar-refractivity contribution in [1.29, 1.82) is 15.8 Å². The van der Waals surface area contributed by atoms with E-state index in [9.17, 15) is 5.26 Å². The Kier molecular flexibility index (Phi) is 4.34. The molecule has 0 atom stereocenters. The van der Waals surface area contributed by atoms with Gasteiger partial charge in [0.1, 0.15) is 18.2 Å². The van der Waals surface area contributed by atoms with Gasteiger partial charge in [-0.3, -0.25) is 4.90 Å². The number of para-hydroxylation sites is 2. The van der Waals surface area contributed by atoms with Crippen molar-refractivity contribution in [2.24, 2.45) is 0 Å². The maximum atomic E-state index is 9.40. The van der Waals surface area contributed by atoms with E-state index in [0.29, 0.717) is 11.4 Å². The van der Waals surface area contributed by atoms with Crippen molar-refractivity contribution in [2.45, 2.75) is 0 Å². The van der Waals surface area contributed by atoms with Crippen molar-refractivity contribution in [3.05, 3.63) is 71.9 Å². The molecule has 0 unspecified atom stereocenters. The average molecular weight is 270 g/mol. The Labute approximate surface area is 123 Å². The van der Waals surface area contributed by atoms with E-state index in [0.717, 1.165) is 0 Å². The van der Waals surface area contributed by atoms with Gasteiger partial charge in [0.15, 0.2) is 11.3 Å². The van der Waals surface area contributed by atoms with Crippen LogP contribution in [-0.2, 0) is 0 Å². The van der Waals surface area contributed by atoms with Crippen LogP contribution in [0.25, 0.3) is 0 Å². The lowest BCUT2D eigenvalue weighted by atomic mass is 10.1. The Balaban J connectivity index is 2.70. The third-order valence-electron chi connectivity index (χ3n) is 2.82. The summed E-state index contributed by atoms with van der Waals surface area (Å²) in [4.78, 5) is 1.60. The van der Waals surface area contributed by atoms with Crippen molar-refractivity contribution in [1.82, 2.24) is 0 Å². The van der Waals surface area contributed by atoms with Crippen molar-refractivity contribution in [2.75, 3.05) is 4.90 Å². The van der Waals surface area contributed by atoms with E-state index in [4.69, 9.17) is 10.5 Å². The zero-order valence-corrected chi connectivity index (χ0v) is 11.1. The molecular weight excluding hydrogens is 260 g/mol. The van der Waals surface area contributed by atoms with Crippen LogP contribution in [0.1, 0.15) is 0 Å². The average Bonchev–Trinajstić information content (AvgIpc) is 2.56. The molecule has 98 valence electrons. The number of nitriles is 3. The predicted octanol–water partition coefficient (Wildman–Crippen LogP) is 3.65. The van der Waals surface area contributed by atoms with E-state index >= 15 is 0 Å². The van der Waals surface area contributed by atoms with Gasteiger partial charge in [0, 0.05) is 11.4 Å². The third-order valence-corrected chi connectivity index (χ3v) is 2.82. The number of hydrogen-bond acceptors (Lipinski definition) is 4. The second-order valence-corrected chi connectivity index (χ2v) is 4.07. The molecule has 0 spiro atoms. The molecule has 0 heterocycles. The molecule has 0 bridgehead atoms. The highest BCUT2D eigenvalue weighted by Gasteiger charge is 2.18. The number of benzene rings is 2. The minimum atomic E-state index is -0.217. The van der Waals surface area contributed by atoms with Gasteiger partial charge in [-0.15, -0.1) is 0 Å². The maximum Gasteiger partial charge on any atom is 0.164 e. The van der Waals surface area contributed by atoms with Gasteiger partial charge in [-0.2, -0.15) is 15.8 Å². The molecule has 2 rings (SSSR count). The molecule has 4 nitrogen and oxygen atoms in total. The SMILES string of the molecule is N#CC(C#N)=C(C#N)N(c1ccccc1)c1ccccc1. The first kappa shape index (κ1) is 13.9. The second kappa shape index (κ2) is 6.57. The van der Waals surface area contributed by atoms with E-state index in [2.05, 4.69) is 0 Å². The van der Waals surface area contributed by atoms with Crippen LogP contribution in [-0.4, -0.2) is 0 Å². The Hall–Kier alpha value is -3.55. The fourth-order valence-electron chi connectivity index (χ4n) is 1.91. The van der Waals surface area contributed by atoms with E-state index in [1.54, 1.807) is 17.0 Å². The summed E-state index contributed by atoms with van der Waals surface area (Å²) in [7, 11) is 0. The fourth-order valence-corrected chi connectivity index (χ4v) is 1.91. The van der Waals surface area contributed by atoms with E-state index in [1.165, 1.54) is 0 Å². The highest BCUT2D eigenvalue weighted by molar-refractivity contribution is 5.73. The van der Waals surface area contributed by atoms with Crippen LogP contribution in [0, 0.1) is 34.0 Å². The lowest BCUT2D eigenvalue weighted by Gasteiger charge is -2.23. The lowest BCUT2D eigenvalue weighted by molar-refractivity contribution is 1.19. The molecule has 2 aromatic carbocycles. The summed E-state index contributed by atoms with van der Waals surface area (Å²) in [6, 6.07) is 23.8. The highest BCUT2D eigenvalue weighted by Crippen LogP contribution is 2.30. The minimum absolute atomic E-state index is 0.0115. The normalized spacial score (nSPS) is 8.81. The number of nitrogens with zero attached hydrogens (tertiary/aromatic N) is 4. The van der Waals surface area contributed by atoms with Gasteiger partial charge < -0.3 is 0 Å². The molecule has 2 aromatic rings. The second-order valence-electron chi connectivity index (χ2n) is 4.07. The van der Waals surface area contributed by atoms with Crippen molar-refractivity contribution >= 4 is 11.4 Å². The van der Waals surface area contributed by atoms with Gasteiger partial charge in [-0.1, -0.05) is 36.4 Å². The smallest absolute Gasteiger partial charge is 0.164 e. The summed E-state index contributed by atoms with van der Waals surface area (Å²) in [5, 5.41) is 27.5. The topological polar surface area (TPSA) is 74.6 Å². The molecule has 0 aliphatic heterocycles. The molecule has 0 saturated heterocycles. The van der Waals surface area contributed by atoms with Gasteiger partial charge in [0.2, 0.25) is 0 Å². The van der Waals surface area contributed by atoms with E-state index < -0.39 is 0 Å². The first-order valence-electron chi connectivity index (χ1n) is 6.16. The first-order chi connectivity index (χ1) is 10.3. The van der Waals surface area contributed by atoms with E-state index in [1.807, 2.05) is 66.7 Å². The highest BCUT2D eigenvalue weighted by atomic mass is 15.1.